The fourth-order valence-corrected chi connectivity index (χ4v) is 1.82. The van der Waals surface area contributed by atoms with Crippen molar-refractivity contribution < 1.29 is 24.3 Å². The predicted octanol–water partition coefficient (Wildman–Crippen LogP) is 2.53. The van der Waals surface area contributed by atoms with Gasteiger partial charge < -0.3 is 14.6 Å². The molecule has 1 atom stereocenters. The van der Waals surface area contributed by atoms with Gasteiger partial charge >= 0.3 is 12.2 Å². The van der Waals surface area contributed by atoms with E-state index in [0.717, 1.165) is 0 Å². The molecular weight excluding hydrogens is 290 g/mol. The number of ether oxygens (including phenoxy) is 2. The number of rotatable bonds is 5. The number of aromatic hydroxyl groups is 1. The second kappa shape index (κ2) is 6.57. The number of hydrogen-bond donors (Lipinski definition) is 1. The van der Waals surface area contributed by atoms with Crippen molar-refractivity contribution in [2.45, 2.75) is 6.23 Å². The zero-order valence-electron chi connectivity index (χ0n) is 11.6. The lowest BCUT2D eigenvalue weighted by molar-refractivity contribution is -0.574. The molecule has 2 aromatic carbocycles. The van der Waals surface area contributed by atoms with Crippen LogP contribution in [-0.4, -0.2) is 23.1 Å². The summed E-state index contributed by atoms with van der Waals surface area (Å²) in [6.07, 6.45) is -1.60. The van der Waals surface area contributed by atoms with Gasteiger partial charge in [-0.2, -0.15) is 0 Å². The van der Waals surface area contributed by atoms with Crippen molar-refractivity contribution in [1.82, 2.24) is 0 Å². The molecule has 1 unspecified atom stereocenters. The molecule has 0 aliphatic rings. The van der Waals surface area contributed by atoms with E-state index in [9.17, 15) is 20.0 Å². The van der Waals surface area contributed by atoms with Gasteiger partial charge in [-0.3, -0.25) is 10.1 Å². The third-order valence-electron chi connectivity index (χ3n) is 2.91. The first kappa shape index (κ1) is 15.3. The van der Waals surface area contributed by atoms with Crippen LogP contribution in [0.15, 0.2) is 48.5 Å². The summed E-state index contributed by atoms with van der Waals surface area (Å²) in [6, 6.07) is 11.7. The molecule has 0 saturated carbocycles. The largest absolute Gasteiger partial charge is 0.504 e. The van der Waals surface area contributed by atoms with Gasteiger partial charge in [0.15, 0.2) is 11.5 Å². The van der Waals surface area contributed by atoms with E-state index in [-0.39, 0.29) is 22.6 Å². The SMILES string of the molecule is COc1cc(C(=O)OC(c2ccccc2)[N+](=O)[O-])ccc1O. The molecule has 2 aromatic rings. The van der Waals surface area contributed by atoms with Gasteiger partial charge in [-0.25, -0.2) is 4.79 Å². The first-order valence-electron chi connectivity index (χ1n) is 6.29. The van der Waals surface area contributed by atoms with E-state index in [0.29, 0.717) is 0 Å². The van der Waals surface area contributed by atoms with Crippen molar-refractivity contribution in [3.63, 3.8) is 0 Å². The molecule has 0 radical (unpaired) electrons. The highest BCUT2D eigenvalue weighted by molar-refractivity contribution is 5.90. The lowest BCUT2D eigenvalue weighted by Crippen LogP contribution is -2.18. The minimum atomic E-state index is -1.60. The molecule has 0 aliphatic carbocycles. The van der Waals surface area contributed by atoms with Gasteiger partial charge in [-0.05, 0) is 30.3 Å². The third-order valence-corrected chi connectivity index (χ3v) is 2.91. The van der Waals surface area contributed by atoms with Crippen molar-refractivity contribution in [2.24, 2.45) is 0 Å². The molecule has 22 heavy (non-hydrogen) atoms. The number of nitrogens with zero attached hydrogens (tertiary/aromatic N) is 1. The van der Waals surface area contributed by atoms with Crippen LogP contribution in [0.2, 0.25) is 0 Å². The molecule has 0 bridgehead atoms. The van der Waals surface area contributed by atoms with Crippen LogP contribution < -0.4 is 4.74 Å². The van der Waals surface area contributed by atoms with Crippen LogP contribution in [0.5, 0.6) is 11.5 Å². The van der Waals surface area contributed by atoms with E-state index in [1.165, 1.54) is 37.4 Å². The molecular formula is C15H13NO6. The van der Waals surface area contributed by atoms with Crippen LogP contribution in [0.25, 0.3) is 0 Å². The Kier molecular flexibility index (Phi) is 4.57. The number of nitro groups is 1. The molecule has 0 amide bonds. The van der Waals surface area contributed by atoms with E-state index in [2.05, 4.69) is 0 Å². The molecule has 1 N–H and O–H groups in total. The Bertz CT molecular complexity index is 686. The second-order valence-corrected chi connectivity index (χ2v) is 4.34. The zero-order valence-corrected chi connectivity index (χ0v) is 11.6. The maximum absolute atomic E-state index is 12.0. The maximum atomic E-state index is 12.0. The second-order valence-electron chi connectivity index (χ2n) is 4.34. The number of esters is 1. The highest BCUT2D eigenvalue weighted by atomic mass is 16.7. The number of methoxy groups -OCH3 is 1. The summed E-state index contributed by atoms with van der Waals surface area (Å²) in [7, 11) is 1.33. The van der Waals surface area contributed by atoms with E-state index < -0.39 is 17.1 Å². The Hall–Kier alpha value is -3.09. The molecule has 7 nitrogen and oxygen atoms in total. The zero-order chi connectivity index (χ0) is 16.1. The Morgan fingerprint density at radius 3 is 2.50 bits per heavy atom. The fourth-order valence-electron chi connectivity index (χ4n) is 1.82. The first-order valence-corrected chi connectivity index (χ1v) is 6.29. The van der Waals surface area contributed by atoms with E-state index in [1.807, 2.05) is 0 Å². The van der Waals surface area contributed by atoms with Crippen molar-refractivity contribution in [2.75, 3.05) is 7.11 Å². The van der Waals surface area contributed by atoms with Gasteiger partial charge in [-0.15, -0.1) is 0 Å². The minimum Gasteiger partial charge on any atom is -0.504 e. The van der Waals surface area contributed by atoms with Crippen LogP contribution in [0, 0.1) is 10.1 Å². The Balaban J connectivity index is 2.24. The summed E-state index contributed by atoms with van der Waals surface area (Å²) in [5.74, 6) is -0.955. The molecule has 0 heterocycles. The topological polar surface area (TPSA) is 98.9 Å². The molecule has 7 heteroatoms. The number of phenolic OH excluding ortho intramolecular Hbond substituents is 1. The summed E-state index contributed by atoms with van der Waals surface area (Å²) in [4.78, 5) is 22.5. The average molecular weight is 303 g/mol. The van der Waals surface area contributed by atoms with Crippen LogP contribution in [0.3, 0.4) is 0 Å². The molecule has 0 saturated heterocycles. The van der Waals surface area contributed by atoms with Gasteiger partial charge in [0.25, 0.3) is 0 Å². The lowest BCUT2D eigenvalue weighted by Gasteiger charge is -2.11. The number of carbonyl (C=O) groups is 1. The van der Waals surface area contributed by atoms with E-state index in [1.54, 1.807) is 18.2 Å². The summed E-state index contributed by atoms with van der Waals surface area (Å²) in [5.41, 5.74) is 0.295. The van der Waals surface area contributed by atoms with Crippen LogP contribution in [-0.2, 0) is 4.74 Å². The van der Waals surface area contributed by atoms with Crippen molar-refractivity contribution in [3.8, 4) is 11.5 Å². The number of phenols is 1. The lowest BCUT2D eigenvalue weighted by atomic mass is 10.2. The molecule has 2 rings (SSSR count). The molecule has 0 aliphatic heterocycles. The Morgan fingerprint density at radius 1 is 1.23 bits per heavy atom. The highest BCUT2D eigenvalue weighted by Crippen LogP contribution is 2.27. The smallest absolute Gasteiger partial charge is 0.383 e. The first-order chi connectivity index (χ1) is 10.5. The van der Waals surface area contributed by atoms with Crippen molar-refractivity contribution >= 4 is 5.97 Å². The normalized spacial score (nSPS) is 11.5. The quantitative estimate of drug-likeness (QED) is 0.394. The maximum Gasteiger partial charge on any atom is 0.383 e. The van der Waals surface area contributed by atoms with Gasteiger partial charge in [0, 0.05) is 0 Å². The van der Waals surface area contributed by atoms with Gasteiger partial charge in [0.05, 0.1) is 23.2 Å². The Labute approximate surface area is 125 Å². The average Bonchev–Trinajstić information content (AvgIpc) is 2.53. The molecule has 114 valence electrons. The van der Waals surface area contributed by atoms with Gasteiger partial charge in [-0.1, -0.05) is 18.2 Å². The van der Waals surface area contributed by atoms with Crippen LogP contribution in [0.1, 0.15) is 22.1 Å². The summed E-state index contributed by atoms with van der Waals surface area (Å²) in [5, 5.41) is 20.6. The third kappa shape index (κ3) is 3.32. The van der Waals surface area contributed by atoms with Gasteiger partial charge in [0.2, 0.25) is 0 Å². The molecule has 0 fully saturated rings. The number of carbonyl (C=O) groups excluding carboxylic acids is 1. The van der Waals surface area contributed by atoms with Crippen LogP contribution in [0.4, 0.5) is 0 Å². The Morgan fingerprint density at radius 2 is 1.91 bits per heavy atom. The summed E-state index contributed by atoms with van der Waals surface area (Å²) < 4.78 is 9.83. The predicted molar refractivity (Wildman–Crippen MR) is 76.3 cm³/mol. The molecule has 0 aromatic heterocycles. The highest BCUT2D eigenvalue weighted by Gasteiger charge is 2.28. The van der Waals surface area contributed by atoms with Gasteiger partial charge in [0.1, 0.15) is 0 Å². The van der Waals surface area contributed by atoms with Crippen LogP contribution >= 0.6 is 0 Å². The standard InChI is InChI=1S/C15H13NO6/c1-21-13-9-11(7-8-12(13)17)15(18)22-14(16(19)20)10-5-3-2-4-6-10/h2-9,14,17H,1H3. The molecule has 0 spiro atoms. The monoisotopic (exact) mass is 303 g/mol. The summed E-state index contributed by atoms with van der Waals surface area (Å²) >= 11 is 0. The van der Waals surface area contributed by atoms with Crippen molar-refractivity contribution in [1.29, 1.82) is 0 Å². The van der Waals surface area contributed by atoms with Crippen molar-refractivity contribution in [3.05, 3.63) is 69.8 Å². The number of hydrogen-bond acceptors (Lipinski definition) is 6. The number of benzene rings is 2. The minimum absolute atomic E-state index is 0.0393. The summed E-state index contributed by atoms with van der Waals surface area (Å²) in [6.45, 7) is 0. The van der Waals surface area contributed by atoms with E-state index >= 15 is 0 Å². The van der Waals surface area contributed by atoms with E-state index in [4.69, 9.17) is 9.47 Å². The fraction of sp³-hybridized carbons (Fsp3) is 0.133.